The predicted molar refractivity (Wildman–Crippen MR) is 145 cm³/mol. The molecule has 0 spiro atoms. The molecule has 0 aliphatic heterocycles. The molecule has 0 fully saturated rings. The Labute approximate surface area is 203 Å². The molecule has 0 aromatic heterocycles. The normalized spacial score (nSPS) is 13.1. The zero-order valence-electron chi connectivity index (χ0n) is 21.0. The number of unbranched alkanes of at least 4 members (excludes halogenated alkanes) is 5. The fourth-order valence-electron chi connectivity index (χ4n) is 4.60. The summed E-state index contributed by atoms with van der Waals surface area (Å²) in [5.74, 6) is 0. The van der Waals surface area contributed by atoms with Gasteiger partial charge in [0.2, 0.25) is 0 Å². The fraction of sp³-hybridized carbons (Fsp3) is 0.400. The van der Waals surface area contributed by atoms with E-state index >= 15 is 0 Å². The molecule has 0 N–H and O–H groups in total. The van der Waals surface area contributed by atoms with Crippen LogP contribution in [-0.2, 0) is 4.43 Å². The van der Waals surface area contributed by atoms with E-state index in [9.17, 15) is 0 Å². The highest BCUT2D eigenvalue weighted by molar-refractivity contribution is 7.07. The Balaban J connectivity index is 1.93. The van der Waals surface area contributed by atoms with Crippen molar-refractivity contribution in [2.45, 2.75) is 58.6 Å². The first kappa shape index (κ1) is 25.4. The Morgan fingerprint density at radius 1 is 0.636 bits per heavy atom. The van der Waals surface area contributed by atoms with Gasteiger partial charge in [-0.1, -0.05) is 124 Å². The van der Waals surface area contributed by atoms with Crippen molar-refractivity contribution >= 4 is 23.9 Å². The number of quaternary nitrogens is 1. The van der Waals surface area contributed by atoms with Crippen LogP contribution in [0.25, 0.3) is 0 Å². The highest BCUT2D eigenvalue weighted by atomic mass is 28.4. The van der Waals surface area contributed by atoms with Crippen molar-refractivity contribution < 1.29 is 8.91 Å². The predicted octanol–water partition coefficient (Wildman–Crippen LogP) is 5.45. The van der Waals surface area contributed by atoms with Crippen LogP contribution >= 0.6 is 0 Å². The second-order valence-electron chi connectivity index (χ2n) is 9.77. The van der Waals surface area contributed by atoms with Crippen LogP contribution in [0.4, 0.5) is 0 Å². The summed E-state index contributed by atoms with van der Waals surface area (Å²) < 4.78 is 8.24. The molecular formula is C30H42NOSi+. The maximum atomic E-state index is 7.37. The van der Waals surface area contributed by atoms with Crippen LogP contribution in [-0.4, -0.2) is 39.7 Å². The number of benzene rings is 3. The molecule has 3 rings (SSSR count). The van der Waals surface area contributed by atoms with Gasteiger partial charge in [-0.25, -0.2) is 0 Å². The molecule has 0 saturated heterocycles. The highest BCUT2D eigenvalue weighted by Gasteiger charge is 2.45. The molecule has 0 aliphatic rings. The minimum atomic E-state index is -2.68. The van der Waals surface area contributed by atoms with E-state index in [1.807, 2.05) is 0 Å². The summed E-state index contributed by atoms with van der Waals surface area (Å²) in [6.45, 7) is 5.69. The quantitative estimate of drug-likeness (QED) is 0.108. The summed E-state index contributed by atoms with van der Waals surface area (Å²) >= 11 is 0. The fourth-order valence-corrected chi connectivity index (χ4v) is 8.79. The third-order valence-corrected chi connectivity index (χ3v) is 11.1. The second kappa shape index (κ2) is 12.3. The molecular weight excluding hydrogens is 418 g/mol. The van der Waals surface area contributed by atoms with E-state index in [0.29, 0.717) is 0 Å². The lowest BCUT2D eigenvalue weighted by atomic mass is 10.1. The first-order chi connectivity index (χ1) is 16.0. The number of rotatable bonds is 13. The van der Waals surface area contributed by atoms with Gasteiger partial charge in [0.15, 0.2) is 6.23 Å². The Hall–Kier alpha value is -2.20. The SMILES string of the molecule is CCCCCCCC[N+](C)(C)C(C)O[Si](c1ccccc1)(c1ccccc1)c1ccccc1. The van der Waals surface area contributed by atoms with Crippen LogP contribution in [0.2, 0.25) is 0 Å². The van der Waals surface area contributed by atoms with E-state index in [1.165, 1.54) is 54.1 Å². The molecule has 0 radical (unpaired) electrons. The number of hydrogen-bond acceptors (Lipinski definition) is 1. The molecule has 3 heteroatoms. The van der Waals surface area contributed by atoms with Gasteiger partial charge in [-0.05, 0) is 28.4 Å². The van der Waals surface area contributed by atoms with E-state index in [-0.39, 0.29) is 6.23 Å². The molecule has 0 bridgehead atoms. The lowest BCUT2D eigenvalue weighted by molar-refractivity contribution is -0.932. The van der Waals surface area contributed by atoms with Crippen LogP contribution in [0.1, 0.15) is 52.4 Å². The summed E-state index contributed by atoms with van der Waals surface area (Å²) in [6.07, 6.45) is 8.01. The van der Waals surface area contributed by atoms with Crippen LogP contribution < -0.4 is 15.6 Å². The minimum absolute atomic E-state index is 0.0768. The number of hydrogen-bond donors (Lipinski definition) is 0. The van der Waals surface area contributed by atoms with Crippen molar-refractivity contribution in [3.63, 3.8) is 0 Å². The molecule has 0 saturated carbocycles. The third-order valence-electron chi connectivity index (χ3n) is 6.96. The van der Waals surface area contributed by atoms with Gasteiger partial charge in [0, 0.05) is 6.92 Å². The molecule has 1 unspecified atom stereocenters. The maximum absolute atomic E-state index is 7.37. The van der Waals surface area contributed by atoms with E-state index in [4.69, 9.17) is 4.43 Å². The standard InChI is InChI=1S/C30H42NOSi/c1-5-6-7-8-9-19-26-31(3,4)27(2)32-33(28-20-13-10-14-21-28,29-22-15-11-16-23-29)30-24-17-12-18-25-30/h10-18,20-25,27H,5-9,19,26H2,1-4H3/q+1. The van der Waals surface area contributed by atoms with Crippen molar-refractivity contribution in [2.75, 3.05) is 20.6 Å². The third kappa shape index (κ3) is 6.44. The van der Waals surface area contributed by atoms with Crippen molar-refractivity contribution in [1.29, 1.82) is 0 Å². The summed E-state index contributed by atoms with van der Waals surface area (Å²) in [7, 11) is 1.98. The van der Waals surface area contributed by atoms with Crippen LogP contribution in [0.3, 0.4) is 0 Å². The summed E-state index contributed by atoms with van der Waals surface area (Å²) in [4.78, 5) is 0. The Morgan fingerprint density at radius 2 is 1.03 bits per heavy atom. The Kier molecular flexibility index (Phi) is 9.48. The molecule has 176 valence electrons. The maximum Gasteiger partial charge on any atom is 0.295 e. The largest absolute Gasteiger partial charge is 0.357 e. The average molecular weight is 461 g/mol. The van der Waals surface area contributed by atoms with Gasteiger partial charge in [-0.3, -0.25) is 0 Å². The van der Waals surface area contributed by atoms with Gasteiger partial charge in [-0.15, -0.1) is 0 Å². The molecule has 0 amide bonds. The topological polar surface area (TPSA) is 9.23 Å². The van der Waals surface area contributed by atoms with Crippen molar-refractivity contribution in [2.24, 2.45) is 0 Å². The highest BCUT2D eigenvalue weighted by Crippen LogP contribution is 2.19. The van der Waals surface area contributed by atoms with Crippen molar-refractivity contribution in [3.8, 4) is 0 Å². The van der Waals surface area contributed by atoms with Crippen LogP contribution in [0, 0.1) is 0 Å². The summed E-state index contributed by atoms with van der Waals surface area (Å²) in [5.41, 5.74) is 0. The Bertz CT molecular complexity index is 831. The van der Waals surface area contributed by atoms with Crippen molar-refractivity contribution in [3.05, 3.63) is 91.0 Å². The van der Waals surface area contributed by atoms with Gasteiger partial charge in [-0.2, -0.15) is 0 Å². The molecule has 0 aliphatic carbocycles. The molecule has 2 nitrogen and oxygen atoms in total. The van der Waals surface area contributed by atoms with Gasteiger partial charge >= 0.3 is 0 Å². The van der Waals surface area contributed by atoms with E-state index in [2.05, 4.69) is 119 Å². The Morgan fingerprint density at radius 3 is 1.45 bits per heavy atom. The van der Waals surface area contributed by atoms with E-state index in [1.54, 1.807) is 0 Å². The van der Waals surface area contributed by atoms with Gasteiger partial charge in [0.25, 0.3) is 8.32 Å². The molecule has 3 aromatic carbocycles. The van der Waals surface area contributed by atoms with Gasteiger partial charge < -0.3 is 8.91 Å². The minimum Gasteiger partial charge on any atom is -0.357 e. The van der Waals surface area contributed by atoms with E-state index in [0.717, 1.165) is 11.0 Å². The smallest absolute Gasteiger partial charge is 0.295 e. The zero-order chi connectivity index (χ0) is 23.6. The monoisotopic (exact) mass is 460 g/mol. The average Bonchev–Trinajstić information content (AvgIpc) is 2.86. The molecule has 0 heterocycles. The second-order valence-corrected chi connectivity index (χ2v) is 13.1. The molecule has 1 atom stereocenters. The van der Waals surface area contributed by atoms with Crippen LogP contribution in [0.15, 0.2) is 91.0 Å². The van der Waals surface area contributed by atoms with E-state index < -0.39 is 8.32 Å². The number of nitrogens with zero attached hydrogens (tertiary/aromatic N) is 1. The lowest BCUT2D eigenvalue weighted by Crippen LogP contribution is -2.72. The van der Waals surface area contributed by atoms with Crippen molar-refractivity contribution in [1.82, 2.24) is 0 Å². The van der Waals surface area contributed by atoms with Gasteiger partial charge in [0.1, 0.15) is 0 Å². The van der Waals surface area contributed by atoms with Gasteiger partial charge in [0.05, 0.1) is 20.6 Å². The zero-order valence-corrected chi connectivity index (χ0v) is 22.0. The molecule has 3 aromatic rings. The lowest BCUT2D eigenvalue weighted by Gasteiger charge is -2.42. The summed E-state index contributed by atoms with van der Waals surface area (Å²) in [6, 6.07) is 32.7. The first-order valence-electron chi connectivity index (χ1n) is 12.7. The first-order valence-corrected chi connectivity index (χ1v) is 14.6. The summed E-state index contributed by atoms with van der Waals surface area (Å²) in [5, 5.41) is 3.90. The van der Waals surface area contributed by atoms with Crippen LogP contribution in [0.5, 0.6) is 0 Å². The molecule has 33 heavy (non-hydrogen) atoms.